The number of rotatable bonds is 4. The van der Waals surface area contributed by atoms with Crippen molar-refractivity contribution in [3.05, 3.63) is 65.9 Å². The van der Waals surface area contributed by atoms with Crippen LogP contribution in [0.5, 0.6) is 11.6 Å². The Bertz CT molecular complexity index is 1060. The molecule has 4 aromatic rings. The average Bonchev–Trinajstić information content (AvgIpc) is 3.24. The number of hydrogen-bond acceptors (Lipinski definition) is 5. The molecule has 1 N–H and O–H groups in total. The third-order valence-electron chi connectivity index (χ3n) is 3.88. The first-order valence-electron chi connectivity index (χ1n) is 8.02. The van der Waals surface area contributed by atoms with Crippen molar-refractivity contribution >= 4 is 17.0 Å². The van der Waals surface area contributed by atoms with E-state index in [2.05, 4.69) is 15.1 Å². The molecular weight excluding hydrogens is 332 g/mol. The van der Waals surface area contributed by atoms with Crippen molar-refractivity contribution < 1.29 is 14.3 Å². The lowest BCUT2D eigenvalue weighted by molar-refractivity contribution is 0.0722. The fourth-order valence-electron chi connectivity index (χ4n) is 2.64. The molecule has 2 aromatic carbocycles. The van der Waals surface area contributed by atoms with Gasteiger partial charge in [-0.2, -0.15) is 9.78 Å². The minimum absolute atomic E-state index is 0.286. The van der Waals surface area contributed by atoms with Crippen molar-refractivity contribution in [2.45, 2.75) is 6.92 Å². The first-order chi connectivity index (χ1) is 12.6. The van der Waals surface area contributed by atoms with E-state index in [0.29, 0.717) is 23.0 Å². The molecule has 2 heterocycles. The maximum absolute atomic E-state index is 12.5. The molecule has 130 valence electrons. The van der Waals surface area contributed by atoms with Gasteiger partial charge in [0.15, 0.2) is 0 Å². The summed E-state index contributed by atoms with van der Waals surface area (Å²) in [4.78, 5) is 20.2. The Labute approximate surface area is 149 Å². The number of H-pyrrole nitrogens is 1. The van der Waals surface area contributed by atoms with Gasteiger partial charge in [-0.1, -0.05) is 18.2 Å². The number of carbonyl (C=O) groups excluding carboxylic acids is 1. The van der Waals surface area contributed by atoms with Crippen molar-refractivity contribution in [1.82, 2.24) is 19.7 Å². The zero-order chi connectivity index (χ0) is 18.1. The molecular formula is C19H16N4O3. The van der Waals surface area contributed by atoms with Crippen LogP contribution in [0.15, 0.2) is 54.6 Å². The fourth-order valence-corrected chi connectivity index (χ4v) is 2.64. The number of aromatic nitrogens is 4. The number of imidazole rings is 1. The van der Waals surface area contributed by atoms with E-state index in [1.54, 1.807) is 37.4 Å². The number of carbonyl (C=O) groups is 1. The monoisotopic (exact) mass is 348 g/mol. The molecule has 0 radical (unpaired) electrons. The molecule has 0 aliphatic rings. The molecule has 0 unspecified atom stereocenters. The maximum Gasteiger partial charge on any atom is 0.344 e. The lowest BCUT2D eigenvalue weighted by Gasteiger charge is -2.06. The van der Waals surface area contributed by atoms with Gasteiger partial charge in [-0.3, -0.25) is 0 Å². The van der Waals surface area contributed by atoms with Gasteiger partial charge in [0.2, 0.25) is 11.8 Å². The average molecular weight is 348 g/mol. The number of methoxy groups -OCH3 is 1. The second-order valence-corrected chi connectivity index (χ2v) is 5.73. The summed E-state index contributed by atoms with van der Waals surface area (Å²) in [5.41, 5.74) is 2.78. The number of aryl methyl sites for hydroxylation is 1. The summed E-state index contributed by atoms with van der Waals surface area (Å²) >= 11 is 0. The van der Waals surface area contributed by atoms with Crippen LogP contribution in [-0.2, 0) is 0 Å². The number of para-hydroxylation sites is 2. The molecule has 26 heavy (non-hydrogen) atoms. The van der Waals surface area contributed by atoms with E-state index in [0.717, 1.165) is 11.0 Å². The van der Waals surface area contributed by atoms with Crippen LogP contribution in [0.4, 0.5) is 0 Å². The number of ether oxygens (including phenoxy) is 2. The van der Waals surface area contributed by atoms with Crippen LogP contribution in [-0.4, -0.2) is 32.8 Å². The van der Waals surface area contributed by atoms with Gasteiger partial charge < -0.3 is 14.5 Å². The summed E-state index contributed by atoms with van der Waals surface area (Å²) < 4.78 is 12.2. The Hall–Kier alpha value is -3.61. The van der Waals surface area contributed by atoms with E-state index >= 15 is 0 Å². The molecule has 0 aliphatic heterocycles. The van der Waals surface area contributed by atoms with Crippen molar-refractivity contribution in [1.29, 1.82) is 0 Å². The largest absolute Gasteiger partial charge is 0.497 e. The molecule has 0 fully saturated rings. The molecule has 2 aromatic heterocycles. The van der Waals surface area contributed by atoms with E-state index in [1.807, 2.05) is 31.2 Å². The summed E-state index contributed by atoms with van der Waals surface area (Å²) in [5.74, 6) is 0.852. The molecule has 0 aliphatic carbocycles. The van der Waals surface area contributed by atoms with Gasteiger partial charge in [0.25, 0.3) is 0 Å². The predicted octanol–water partition coefficient (Wildman–Crippen LogP) is 3.28. The summed E-state index contributed by atoms with van der Waals surface area (Å²) in [6.07, 6.45) is 0. The predicted molar refractivity (Wildman–Crippen MR) is 95.9 cm³/mol. The van der Waals surface area contributed by atoms with Crippen molar-refractivity contribution in [3.8, 4) is 17.6 Å². The minimum Gasteiger partial charge on any atom is -0.497 e. The molecule has 0 saturated carbocycles. The Balaban J connectivity index is 1.68. The summed E-state index contributed by atoms with van der Waals surface area (Å²) in [7, 11) is 1.55. The van der Waals surface area contributed by atoms with Crippen LogP contribution >= 0.6 is 0 Å². The third-order valence-corrected chi connectivity index (χ3v) is 3.88. The summed E-state index contributed by atoms with van der Waals surface area (Å²) in [6.45, 7) is 1.82. The van der Waals surface area contributed by atoms with E-state index < -0.39 is 5.97 Å². The molecule has 7 heteroatoms. The standard InChI is InChI=1S/C19H16N4O3/c1-12-10-17(26-18(24)13-6-5-7-14(11-13)25-2)23(22-12)19-20-15-8-3-4-9-16(15)21-19/h3-11H,1-2H3,(H,20,21). The van der Waals surface area contributed by atoms with E-state index in [1.165, 1.54) is 4.68 Å². The fraction of sp³-hybridized carbons (Fsp3) is 0.105. The Morgan fingerprint density at radius 1 is 1.12 bits per heavy atom. The van der Waals surface area contributed by atoms with E-state index in [-0.39, 0.29) is 5.88 Å². The van der Waals surface area contributed by atoms with Crippen molar-refractivity contribution in [2.24, 2.45) is 0 Å². The number of esters is 1. The van der Waals surface area contributed by atoms with Crippen LogP contribution in [0.1, 0.15) is 16.1 Å². The first-order valence-corrected chi connectivity index (χ1v) is 8.02. The maximum atomic E-state index is 12.5. The van der Waals surface area contributed by atoms with Gasteiger partial charge in [-0.25, -0.2) is 9.78 Å². The third kappa shape index (κ3) is 2.90. The zero-order valence-corrected chi connectivity index (χ0v) is 14.3. The number of nitrogens with one attached hydrogen (secondary N) is 1. The van der Waals surface area contributed by atoms with Crippen LogP contribution in [0.3, 0.4) is 0 Å². The van der Waals surface area contributed by atoms with Gasteiger partial charge in [0, 0.05) is 6.07 Å². The molecule has 0 spiro atoms. The normalized spacial score (nSPS) is 10.8. The van der Waals surface area contributed by atoms with Gasteiger partial charge >= 0.3 is 5.97 Å². The van der Waals surface area contributed by atoms with Gasteiger partial charge in [-0.05, 0) is 37.3 Å². The minimum atomic E-state index is -0.499. The zero-order valence-electron chi connectivity index (χ0n) is 14.3. The van der Waals surface area contributed by atoms with Gasteiger partial charge in [-0.15, -0.1) is 0 Å². The second-order valence-electron chi connectivity index (χ2n) is 5.73. The number of aromatic amines is 1. The van der Waals surface area contributed by atoms with E-state index in [4.69, 9.17) is 9.47 Å². The summed E-state index contributed by atoms with van der Waals surface area (Å²) in [5, 5.41) is 4.38. The first kappa shape index (κ1) is 15.9. The van der Waals surface area contributed by atoms with Crippen LogP contribution in [0, 0.1) is 6.92 Å². The highest BCUT2D eigenvalue weighted by atomic mass is 16.5. The van der Waals surface area contributed by atoms with Gasteiger partial charge in [0.1, 0.15) is 5.75 Å². The topological polar surface area (TPSA) is 82.0 Å². The molecule has 0 saturated heterocycles. The second kappa shape index (κ2) is 6.36. The van der Waals surface area contributed by atoms with Gasteiger partial charge in [0.05, 0.1) is 29.4 Å². The number of fused-ring (bicyclic) bond motifs is 1. The highest BCUT2D eigenvalue weighted by Gasteiger charge is 2.17. The number of nitrogens with zero attached hydrogens (tertiary/aromatic N) is 3. The smallest absolute Gasteiger partial charge is 0.344 e. The highest BCUT2D eigenvalue weighted by molar-refractivity contribution is 5.91. The molecule has 0 atom stereocenters. The number of hydrogen-bond donors (Lipinski definition) is 1. The lowest BCUT2D eigenvalue weighted by atomic mass is 10.2. The molecule has 4 rings (SSSR count). The van der Waals surface area contributed by atoms with Crippen molar-refractivity contribution in [2.75, 3.05) is 7.11 Å². The van der Waals surface area contributed by atoms with Crippen LogP contribution < -0.4 is 9.47 Å². The van der Waals surface area contributed by atoms with Crippen LogP contribution in [0.25, 0.3) is 17.0 Å². The van der Waals surface area contributed by atoms with Crippen molar-refractivity contribution in [3.63, 3.8) is 0 Å². The molecule has 0 bridgehead atoms. The Kier molecular flexibility index (Phi) is 3.89. The van der Waals surface area contributed by atoms with Crippen LogP contribution in [0.2, 0.25) is 0 Å². The molecule has 0 amide bonds. The molecule has 7 nitrogen and oxygen atoms in total. The summed E-state index contributed by atoms with van der Waals surface area (Å²) in [6, 6.07) is 16.1. The number of benzene rings is 2. The quantitative estimate of drug-likeness (QED) is 0.572. The lowest BCUT2D eigenvalue weighted by Crippen LogP contribution is -2.12. The SMILES string of the molecule is COc1cccc(C(=O)Oc2cc(C)nn2-c2nc3ccccc3[nH]2)c1. The van der Waals surface area contributed by atoms with E-state index in [9.17, 15) is 4.79 Å². The Morgan fingerprint density at radius 3 is 2.77 bits per heavy atom. The highest BCUT2D eigenvalue weighted by Crippen LogP contribution is 2.22. The Morgan fingerprint density at radius 2 is 1.96 bits per heavy atom.